The number of rotatable bonds is 5. The number of nitrogens with zero attached hydrogens (tertiary/aromatic N) is 2. The van der Waals surface area contributed by atoms with Crippen LogP contribution in [0.3, 0.4) is 0 Å². The zero-order valence-corrected chi connectivity index (χ0v) is 12.9. The van der Waals surface area contributed by atoms with Crippen LogP contribution in [-0.4, -0.2) is 23.1 Å². The van der Waals surface area contributed by atoms with Crippen LogP contribution in [-0.2, 0) is 12.8 Å². The zero-order chi connectivity index (χ0) is 14.7. The first-order valence-electron chi connectivity index (χ1n) is 7.88. The molecule has 0 aliphatic heterocycles. The molecule has 0 saturated heterocycles. The van der Waals surface area contributed by atoms with Gasteiger partial charge in [-0.1, -0.05) is 6.92 Å². The molecule has 1 unspecified atom stereocenters. The molecule has 3 rings (SSSR count). The molecular formula is C17H23N3O. The van der Waals surface area contributed by atoms with E-state index in [9.17, 15) is 0 Å². The van der Waals surface area contributed by atoms with E-state index in [1.54, 1.807) is 6.26 Å². The van der Waals surface area contributed by atoms with Gasteiger partial charge in [0.2, 0.25) is 0 Å². The second-order valence-corrected chi connectivity index (χ2v) is 5.87. The lowest BCUT2D eigenvalue weighted by Crippen LogP contribution is -2.28. The van der Waals surface area contributed by atoms with Gasteiger partial charge in [-0.15, -0.1) is 0 Å². The number of hydrogen-bond acceptors (Lipinski definition) is 4. The number of fused-ring (bicyclic) bond motifs is 1. The molecule has 0 amide bonds. The molecule has 4 nitrogen and oxygen atoms in total. The lowest BCUT2D eigenvalue weighted by molar-refractivity contribution is 0.420. The fraction of sp³-hybridized carbons (Fsp3) is 0.529. The van der Waals surface area contributed by atoms with Gasteiger partial charge in [-0.05, 0) is 63.2 Å². The van der Waals surface area contributed by atoms with Gasteiger partial charge in [0.1, 0.15) is 5.76 Å². The number of aromatic nitrogens is 2. The van der Waals surface area contributed by atoms with Gasteiger partial charge in [0.15, 0.2) is 5.82 Å². The Bertz CT molecular complexity index is 606. The van der Waals surface area contributed by atoms with Crippen molar-refractivity contribution in [2.75, 3.05) is 13.1 Å². The SMILES string of the molecule is CCCNCC1CCc2nc(-c3ccoc3C)ncc2C1. The second-order valence-electron chi connectivity index (χ2n) is 5.87. The average molecular weight is 285 g/mol. The van der Waals surface area contributed by atoms with Crippen molar-refractivity contribution in [3.8, 4) is 11.4 Å². The van der Waals surface area contributed by atoms with E-state index in [0.29, 0.717) is 5.92 Å². The minimum Gasteiger partial charge on any atom is -0.469 e. The molecule has 21 heavy (non-hydrogen) atoms. The second kappa shape index (κ2) is 6.39. The summed E-state index contributed by atoms with van der Waals surface area (Å²) in [7, 11) is 0. The van der Waals surface area contributed by atoms with Crippen molar-refractivity contribution in [1.82, 2.24) is 15.3 Å². The highest BCUT2D eigenvalue weighted by molar-refractivity contribution is 5.57. The normalized spacial score (nSPS) is 17.7. The van der Waals surface area contributed by atoms with Crippen LogP contribution < -0.4 is 5.32 Å². The Balaban J connectivity index is 1.72. The Hall–Kier alpha value is -1.68. The topological polar surface area (TPSA) is 51.0 Å². The fourth-order valence-electron chi connectivity index (χ4n) is 2.99. The minimum absolute atomic E-state index is 0.717. The van der Waals surface area contributed by atoms with E-state index >= 15 is 0 Å². The summed E-state index contributed by atoms with van der Waals surface area (Å²) in [5, 5.41) is 3.52. The van der Waals surface area contributed by atoms with Crippen molar-refractivity contribution in [1.29, 1.82) is 0 Å². The molecule has 0 radical (unpaired) electrons. The summed E-state index contributed by atoms with van der Waals surface area (Å²) in [6, 6.07) is 1.94. The van der Waals surface area contributed by atoms with Gasteiger partial charge < -0.3 is 9.73 Å². The first-order chi connectivity index (χ1) is 10.3. The monoisotopic (exact) mass is 285 g/mol. The Morgan fingerprint density at radius 3 is 3.10 bits per heavy atom. The van der Waals surface area contributed by atoms with Crippen LogP contribution in [0.5, 0.6) is 0 Å². The summed E-state index contributed by atoms with van der Waals surface area (Å²) in [6.07, 6.45) is 8.26. The van der Waals surface area contributed by atoms with Crippen LogP contribution in [0.2, 0.25) is 0 Å². The summed E-state index contributed by atoms with van der Waals surface area (Å²) in [5.74, 6) is 2.39. The molecule has 1 aliphatic rings. The third kappa shape index (κ3) is 3.16. The Labute approximate surface area is 126 Å². The Kier molecular flexibility index (Phi) is 4.34. The minimum atomic E-state index is 0.717. The van der Waals surface area contributed by atoms with Crippen molar-refractivity contribution in [3.63, 3.8) is 0 Å². The lowest BCUT2D eigenvalue weighted by atomic mass is 9.87. The molecular weight excluding hydrogens is 262 g/mol. The quantitative estimate of drug-likeness (QED) is 0.857. The number of nitrogens with one attached hydrogen (secondary N) is 1. The van der Waals surface area contributed by atoms with Gasteiger partial charge in [-0.25, -0.2) is 9.97 Å². The predicted octanol–water partition coefficient (Wildman–Crippen LogP) is 3.15. The summed E-state index contributed by atoms with van der Waals surface area (Å²) in [5.41, 5.74) is 3.53. The molecule has 0 bridgehead atoms. The zero-order valence-electron chi connectivity index (χ0n) is 12.9. The van der Waals surface area contributed by atoms with Crippen LogP contribution >= 0.6 is 0 Å². The van der Waals surface area contributed by atoms with Crippen LogP contribution in [0.25, 0.3) is 11.4 Å². The van der Waals surface area contributed by atoms with E-state index in [1.807, 2.05) is 19.2 Å². The van der Waals surface area contributed by atoms with Crippen LogP contribution in [0.4, 0.5) is 0 Å². The number of furan rings is 1. The smallest absolute Gasteiger partial charge is 0.162 e. The van der Waals surface area contributed by atoms with E-state index in [1.165, 1.54) is 24.1 Å². The lowest BCUT2D eigenvalue weighted by Gasteiger charge is -2.24. The maximum atomic E-state index is 5.35. The van der Waals surface area contributed by atoms with Crippen molar-refractivity contribution in [2.24, 2.45) is 5.92 Å². The van der Waals surface area contributed by atoms with Crippen molar-refractivity contribution < 1.29 is 4.42 Å². The molecule has 112 valence electrons. The van der Waals surface area contributed by atoms with E-state index in [4.69, 9.17) is 9.40 Å². The highest BCUT2D eigenvalue weighted by Crippen LogP contribution is 2.27. The summed E-state index contributed by atoms with van der Waals surface area (Å²) >= 11 is 0. The molecule has 2 aromatic heterocycles. The molecule has 0 fully saturated rings. The Morgan fingerprint density at radius 2 is 2.33 bits per heavy atom. The average Bonchev–Trinajstić information content (AvgIpc) is 2.93. The molecule has 1 aliphatic carbocycles. The van der Waals surface area contributed by atoms with E-state index in [-0.39, 0.29) is 0 Å². The molecule has 0 spiro atoms. The van der Waals surface area contributed by atoms with Crippen molar-refractivity contribution >= 4 is 0 Å². The third-order valence-electron chi connectivity index (χ3n) is 4.21. The fourth-order valence-corrected chi connectivity index (χ4v) is 2.99. The van der Waals surface area contributed by atoms with Crippen LogP contribution in [0.15, 0.2) is 22.9 Å². The van der Waals surface area contributed by atoms with Crippen LogP contribution in [0, 0.1) is 12.8 Å². The Morgan fingerprint density at radius 1 is 1.43 bits per heavy atom. The largest absolute Gasteiger partial charge is 0.469 e. The molecule has 1 atom stereocenters. The predicted molar refractivity (Wildman–Crippen MR) is 83.1 cm³/mol. The molecule has 1 N–H and O–H groups in total. The number of aryl methyl sites for hydroxylation is 2. The molecule has 4 heteroatoms. The van der Waals surface area contributed by atoms with Crippen LogP contribution in [0.1, 0.15) is 36.8 Å². The number of hydrogen-bond donors (Lipinski definition) is 1. The van der Waals surface area contributed by atoms with E-state index < -0.39 is 0 Å². The van der Waals surface area contributed by atoms with Gasteiger partial charge in [-0.3, -0.25) is 0 Å². The summed E-state index contributed by atoms with van der Waals surface area (Å²) in [6.45, 7) is 6.37. The summed E-state index contributed by atoms with van der Waals surface area (Å²) < 4.78 is 5.35. The van der Waals surface area contributed by atoms with E-state index in [2.05, 4.69) is 17.2 Å². The standard InChI is InChI=1S/C17H23N3O/c1-3-7-18-10-13-4-5-16-14(9-13)11-19-17(20-16)15-6-8-21-12(15)2/h6,8,11,13,18H,3-5,7,9-10H2,1-2H3. The molecule has 0 saturated carbocycles. The van der Waals surface area contributed by atoms with Gasteiger partial charge in [0.25, 0.3) is 0 Å². The highest BCUT2D eigenvalue weighted by atomic mass is 16.3. The first-order valence-corrected chi connectivity index (χ1v) is 7.88. The third-order valence-corrected chi connectivity index (χ3v) is 4.21. The maximum absolute atomic E-state index is 5.35. The maximum Gasteiger partial charge on any atom is 0.162 e. The van der Waals surface area contributed by atoms with Gasteiger partial charge in [0, 0.05) is 11.9 Å². The van der Waals surface area contributed by atoms with Crippen molar-refractivity contribution in [2.45, 2.75) is 39.5 Å². The summed E-state index contributed by atoms with van der Waals surface area (Å²) in [4.78, 5) is 9.29. The molecule has 2 aromatic rings. The molecule has 0 aromatic carbocycles. The van der Waals surface area contributed by atoms with Gasteiger partial charge in [-0.2, -0.15) is 0 Å². The first kappa shape index (κ1) is 14.3. The van der Waals surface area contributed by atoms with Crippen molar-refractivity contribution in [3.05, 3.63) is 35.5 Å². The van der Waals surface area contributed by atoms with E-state index in [0.717, 1.165) is 43.1 Å². The van der Waals surface area contributed by atoms with Gasteiger partial charge >= 0.3 is 0 Å². The molecule has 2 heterocycles. The highest BCUT2D eigenvalue weighted by Gasteiger charge is 2.21. The van der Waals surface area contributed by atoms with Gasteiger partial charge in [0.05, 0.1) is 11.8 Å².